The van der Waals surface area contributed by atoms with E-state index in [1.807, 2.05) is 11.0 Å². The Balaban J connectivity index is 1.72. The van der Waals surface area contributed by atoms with Crippen LogP contribution >= 0.6 is 15.9 Å². The normalized spacial score (nSPS) is 15.0. The van der Waals surface area contributed by atoms with Crippen LogP contribution in [0.25, 0.3) is 0 Å². The lowest BCUT2D eigenvalue weighted by Crippen LogP contribution is -2.50. The Bertz CT molecular complexity index is 515. The van der Waals surface area contributed by atoms with Gasteiger partial charge in [0.25, 0.3) is 0 Å². The third-order valence-electron chi connectivity index (χ3n) is 3.45. The summed E-state index contributed by atoms with van der Waals surface area (Å²) in [7, 11) is 0. The topological polar surface area (TPSA) is 65.5 Å². The Kier molecular flexibility index (Phi) is 5.55. The number of carbonyl (C=O) groups excluding carboxylic acids is 2. The number of pyridine rings is 1. The predicted molar refractivity (Wildman–Crippen MR) is 83.9 cm³/mol. The van der Waals surface area contributed by atoms with Crippen molar-refractivity contribution in [2.24, 2.45) is 0 Å². The fraction of sp³-hybridized carbons (Fsp3) is 0.500. The van der Waals surface area contributed by atoms with Crippen LogP contribution in [0.15, 0.2) is 22.9 Å². The molecule has 0 aliphatic carbocycles. The van der Waals surface area contributed by atoms with Gasteiger partial charge in [-0.1, -0.05) is 0 Å². The van der Waals surface area contributed by atoms with E-state index >= 15 is 0 Å². The quantitative estimate of drug-likeness (QED) is 0.885. The first-order valence-electron chi connectivity index (χ1n) is 6.94. The zero-order valence-corrected chi connectivity index (χ0v) is 13.6. The van der Waals surface area contributed by atoms with Crippen LogP contribution in [0.2, 0.25) is 0 Å². The number of aromatic nitrogens is 1. The third kappa shape index (κ3) is 4.70. The number of anilines is 1. The summed E-state index contributed by atoms with van der Waals surface area (Å²) in [5.41, 5.74) is 0.888. The van der Waals surface area contributed by atoms with Crippen molar-refractivity contribution in [2.75, 3.05) is 38.0 Å². The second-order valence-corrected chi connectivity index (χ2v) is 5.87. The monoisotopic (exact) mass is 354 g/mol. The number of piperazine rings is 1. The molecule has 6 nitrogen and oxygen atoms in total. The summed E-state index contributed by atoms with van der Waals surface area (Å²) in [6.07, 6.45) is 3.87. The van der Waals surface area contributed by atoms with Crippen molar-refractivity contribution in [1.82, 2.24) is 14.8 Å². The number of amides is 2. The second-order valence-electron chi connectivity index (χ2n) is 4.96. The van der Waals surface area contributed by atoms with Crippen molar-refractivity contribution in [3.63, 3.8) is 0 Å². The summed E-state index contributed by atoms with van der Waals surface area (Å²) in [6.45, 7) is 4.64. The molecule has 1 aliphatic rings. The summed E-state index contributed by atoms with van der Waals surface area (Å²) in [6, 6.07) is 1.92. The molecule has 0 radical (unpaired) electrons. The van der Waals surface area contributed by atoms with E-state index in [0.717, 1.165) is 10.2 Å². The molecule has 1 aromatic heterocycles. The Morgan fingerprint density at radius 3 is 2.52 bits per heavy atom. The lowest BCUT2D eigenvalue weighted by molar-refractivity contribution is -0.138. The van der Waals surface area contributed by atoms with E-state index in [1.165, 1.54) is 0 Å². The lowest BCUT2D eigenvalue weighted by atomic mass is 10.2. The number of hydrogen-bond donors (Lipinski definition) is 1. The van der Waals surface area contributed by atoms with Gasteiger partial charge in [0.1, 0.15) is 0 Å². The maximum Gasteiger partial charge on any atom is 0.224 e. The highest BCUT2D eigenvalue weighted by atomic mass is 79.9. The van der Waals surface area contributed by atoms with Gasteiger partial charge in [0.05, 0.1) is 11.9 Å². The maximum absolute atomic E-state index is 12.1. The van der Waals surface area contributed by atoms with Crippen LogP contribution in [0.1, 0.15) is 13.3 Å². The van der Waals surface area contributed by atoms with E-state index < -0.39 is 0 Å². The Hall–Kier alpha value is -1.63. The molecule has 0 saturated carbocycles. The molecule has 1 aliphatic heterocycles. The van der Waals surface area contributed by atoms with Gasteiger partial charge in [-0.15, -0.1) is 0 Å². The van der Waals surface area contributed by atoms with Crippen molar-refractivity contribution in [3.05, 3.63) is 22.9 Å². The van der Waals surface area contributed by atoms with Gasteiger partial charge in [-0.2, -0.15) is 0 Å². The Morgan fingerprint density at radius 2 is 1.90 bits per heavy atom. The van der Waals surface area contributed by atoms with Crippen molar-refractivity contribution in [2.45, 2.75) is 13.3 Å². The van der Waals surface area contributed by atoms with E-state index in [4.69, 9.17) is 0 Å². The molecule has 114 valence electrons. The number of rotatable bonds is 4. The highest BCUT2D eigenvalue weighted by Crippen LogP contribution is 2.13. The van der Waals surface area contributed by atoms with Crippen LogP contribution in [0.4, 0.5) is 5.69 Å². The summed E-state index contributed by atoms with van der Waals surface area (Å²) >= 11 is 3.35. The van der Waals surface area contributed by atoms with Crippen LogP contribution in [0, 0.1) is 0 Å². The molecule has 2 rings (SSSR count). The van der Waals surface area contributed by atoms with Gasteiger partial charge in [-0.05, 0) is 22.0 Å². The second kappa shape index (κ2) is 7.40. The first-order chi connectivity index (χ1) is 10.1. The van der Waals surface area contributed by atoms with Gasteiger partial charge in [0, 0.05) is 56.7 Å². The Morgan fingerprint density at radius 1 is 1.24 bits per heavy atom. The average Bonchev–Trinajstić information content (AvgIpc) is 2.47. The first-order valence-corrected chi connectivity index (χ1v) is 7.73. The molecule has 0 bridgehead atoms. The van der Waals surface area contributed by atoms with Gasteiger partial charge in [-0.25, -0.2) is 0 Å². The summed E-state index contributed by atoms with van der Waals surface area (Å²) in [5.74, 6) is 0.194. The maximum atomic E-state index is 12.1. The number of halogens is 1. The SMILES string of the molecule is CC(=O)N1CCN(C(=O)CCNc2cncc(Br)c2)CC1. The van der Waals surface area contributed by atoms with Gasteiger partial charge in [0.15, 0.2) is 0 Å². The fourth-order valence-corrected chi connectivity index (χ4v) is 2.62. The van der Waals surface area contributed by atoms with Crippen LogP contribution in [0.5, 0.6) is 0 Å². The van der Waals surface area contributed by atoms with Crippen LogP contribution in [0.3, 0.4) is 0 Å². The molecule has 0 aromatic carbocycles. The fourth-order valence-electron chi connectivity index (χ4n) is 2.25. The van der Waals surface area contributed by atoms with Gasteiger partial charge >= 0.3 is 0 Å². The summed E-state index contributed by atoms with van der Waals surface area (Å²) in [5, 5.41) is 3.18. The van der Waals surface area contributed by atoms with E-state index in [-0.39, 0.29) is 11.8 Å². The smallest absolute Gasteiger partial charge is 0.224 e. The lowest BCUT2D eigenvalue weighted by Gasteiger charge is -2.34. The van der Waals surface area contributed by atoms with Crippen LogP contribution < -0.4 is 5.32 Å². The van der Waals surface area contributed by atoms with E-state index in [0.29, 0.717) is 39.1 Å². The largest absolute Gasteiger partial charge is 0.383 e. The molecule has 1 saturated heterocycles. The minimum absolute atomic E-state index is 0.0749. The van der Waals surface area contributed by atoms with Gasteiger partial charge in [-0.3, -0.25) is 14.6 Å². The summed E-state index contributed by atoms with van der Waals surface area (Å²) < 4.78 is 0.902. The van der Waals surface area contributed by atoms with Crippen LogP contribution in [-0.4, -0.2) is 59.3 Å². The molecule has 7 heteroatoms. The molecular formula is C14H19BrN4O2. The first kappa shape index (κ1) is 15.8. The van der Waals surface area contributed by atoms with E-state index in [9.17, 15) is 9.59 Å². The van der Waals surface area contributed by atoms with Crippen molar-refractivity contribution in [3.8, 4) is 0 Å². The van der Waals surface area contributed by atoms with Crippen LogP contribution in [-0.2, 0) is 9.59 Å². The highest BCUT2D eigenvalue weighted by Gasteiger charge is 2.21. The molecule has 2 amide bonds. The number of carbonyl (C=O) groups is 2. The summed E-state index contributed by atoms with van der Waals surface area (Å²) in [4.78, 5) is 31.0. The molecular weight excluding hydrogens is 336 g/mol. The number of hydrogen-bond acceptors (Lipinski definition) is 4. The molecule has 1 fully saturated rings. The zero-order valence-electron chi connectivity index (χ0n) is 12.0. The molecule has 0 unspecified atom stereocenters. The van der Waals surface area contributed by atoms with Crippen molar-refractivity contribution in [1.29, 1.82) is 0 Å². The van der Waals surface area contributed by atoms with Gasteiger partial charge < -0.3 is 15.1 Å². The van der Waals surface area contributed by atoms with Crippen molar-refractivity contribution >= 4 is 33.4 Å². The molecule has 2 heterocycles. The molecule has 1 N–H and O–H groups in total. The molecule has 21 heavy (non-hydrogen) atoms. The molecule has 0 spiro atoms. The Labute approximate surface area is 132 Å². The van der Waals surface area contributed by atoms with Gasteiger partial charge in [0.2, 0.25) is 11.8 Å². The zero-order chi connectivity index (χ0) is 15.2. The highest BCUT2D eigenvalue weighted by molar-refractivity contribution is 9.10. The minimum atomic E-state index is 0.0749. The average molecular weight is 355 g/mol. The van der Waals surface area contributed by atoms with Crippen molar-refractivity contribution < 1.29 is 9.59 Å². The van der Waals surface area contributed by atoms with E-state index in [2.05, 4.69) is 26.2 Å². The number of nitrogens with one attached hydrogen (secondary N) is 1. The standard InChI is InChI=1S/C14H19BrN4O2/c1-11(20)18-4-6-19(7-5-18)14(21)2-3-17-13-8-12(15)9-16-10-13/h8-10,17H,2-7H2,1H3. The minimum Gasteiger partial charge on any atom is -0.383 e. The third-order valence-corrected chi connectivity index (χ3v) is 3.88. The molecule has 0 atom stereocenters. The molecule has 1 aromatic rings. The van der Waals surface area contributed by atoms with E-state index in [1.54, 1.807) is 24.2 Å². The predicted octanol–water partition coefficient (Wildman–Crippen LogP) is 1.34. The number of nitrogens with zero attached hydrogens (tertiary/aromatic N) is 3.